The van der Waals surface area contributed by atoms with Crippen LogP contribution in [0.25, 0.3) is 0 Å². The van der Waals surface area contributed by atoms with Crippen molar-refractivity contribution >= 4 is 12.1 Å². The molecule has 0 spiro atoms. The molecule has 0 N–H and O–H groups in total. The van der Waals surface area contributed by atoms with Gasteiger partial charge in [0.2, 0.25) is 0 Å². The van der Waals surface area contributed by atoms with Crippen LogP contribution in [0.5, 0.6) is 0 Å². The molecule has 0 bridgehead atoms. The fraction of sp³-hybridized carbons (Fsp3) is 0.636. The zero-order chi connectivity index (χ0) is 23.4. The molecule has 0 aromatic heterocycles. The van der Waals surface area contributed by atoms with Gasteiger partial charge >= 0.3 is 18.2 Å². The van der Waals surface area contributed by atoms with E-state index < -0.39 is 29.4 Å². The van der Waals surface area contributed by atoms with E-state index in [1.807, 2.05) is 4.90 Å². The second kappa shape index (κ2) is 9.89. The molecule has 31 heavy (non-hydrogen) atoms. The van der Waals surface area contributed by atoms with Crippen molar-refractivity contribution in [3.63, 3.8) is 0 Å². The summed E-state index contributed by atoms with van der Waals surface area (Å²) in [6.45, 7) is 8.15. The Labute approximate surface area is 181 Å². The molecule has 1 aliphatic heterocycles. The Morgan fingerprint density at radius 2 is 1.90 bits per heavy atom. The average Bonchev–Trinajstić information content (AvgIpc) is 2.66. The predicted molar refractivity (Wildman–Crippen MR) is 110 cm³/mol. The van der Waals surface area contributed by atoms with E-state index in [9.17, 15) is 22.8 Å². The SMILES string of the molecule is CCOC(=O)c1ccc(CN2CCCC(N(C)C(=O)OC(C)(C)C)C2)c(C(F)(F)F)c1. The zero-order valence-corrected chi connectivity index (χ0v) is 18.7. The number of carbonyl (C=O) groups excluding carboxylic acids is 2. The number of alkyl halides is 3. The van der Waals surface area contributed by atoms with Gasteiger partial charge in [-0.15, -0.1) is 0 Å². The first-order valence-corrected chi connectivity index (χ1v) is 10.4. The van der Waals surface area contributed by atoms with E-state index in [0.29, 0.717) is 13.1 Å². The minimum atomic E-state index is -4.60. The number of esters is 1. The quantitative estimate of drug-likeness (QED) is 0.616. The highest BCUT2D eigenvalue weighted by Crippen LogP contribution is 2.34. The Balaban J connectivity index is 2.16. The van der Waals surface area contributed by atoms with Gasteiger partial charge in [-0.1, -0.05) is 6.07 Å². The summed E-state index contributed by atoms with van der Waals surface area (Å²) in [5, 5.41) is 0. The van der Waals surface area contributed by atoms with Crippen LogP contribution >= 0.6 is 0 Å². The van der Waals surface area contributed by atoms with Crippen LogP contribution in [0.15, 0.2) is 18.2 Å². The van der Waals surface area contributed by atoms with Gasteiger partial charge in [0, 0.05) is 26.2 Å². The Morgan fingerprint density at radius 3 is 2.48 bits per heavy atom. The van der Waals surface area contributed by atoms with Crippen molar-refractivity contribution in [3.05, 3.63) is 34.9 Å². The molecule has 1 aliphatic rings. The Morgan fingerprint density at radius 1 is 1.23 bits per heavy atom. The Hall–Kier alpha value is -2.29. The Kier molecular flexibility index (Phi) is 7.97. The van der Waals surface area contributed by atoms with Crippen LogP contribution in [0.2, 0.25) is 0 Å². The maximum atomic E-state index is 13.7. The van der Waals surface area contributed by atoms with E-state index in [1.165, 1.54) is 17.0 Å². The lowest BCUT2D eigenvalue weighted by atomic mass is 10.00. The molecule has 1 fully saturated rings. The highest BCUT2D eigenvalue weighted by atomic mass is 19.4. The molecule has 9 heteroatoms. The van der Waals surface area contributed by atoms with E-state index in [-0.39, 0.29) is 30.3 Å². The topological polar surface area (TPSA) is 59.1 Å². The van der Waals surface area contributed by atoms with E-state index >= 15 is 0 Å². The van der Waals surface area contributed by atoms with Gasteiger partial charge in [-0.25, -0.2) is 9.59 Å². The molecular weight excluding hydrogens is 413 g/mol. The molecular formula is C22H31F3N2O4. The number of ether oxygens (including phenoxy) is 2. The van der Waals surface area contributed by atoms with Crippen LogP contribution in [-0.2, 0) is 22.2 Å². The van der Waals surface area contributed by atoms with Gasteiger partial charge in [-0.2, -0.15) is 13.2 Å². The normalized spacial score (nSPS) is 17.9. The highest BCUT2D eigenvalue weighted by molar-refractivity contribution is 5.89. The molecule has 1 aromatic rings. The van der Waals surface area contributed by atoms with Crippen LogP contribution in [0.1, 0.15) is 62.0 Å². The summed E-state index contributed by atoms with van der Waals surface area (Å²) in [5.41, 5.74) is -1.51. The molecule has 1 heterocycles. The summed E-state index contributed by atoms with van der Waals surface area (Å²) in [4.78, 5) is 27.6. The number of carbonyl (C=O) groups is 2. The molecule has 0 radical (unpaired) electrons. The number of hydrogen-bond donors (Lipinski definition) is 0. The van der Waals surface area contributed by atoms with Crippen molar-refractivity contribution in [2.24, 2.45) is 0 Å². The summed E-state index contributed by atoms with van der Waals surface area (Å²) in [6.07, 6.45) is -3.55. The van der Waals surface area contributed by atoms with E-state index in [0.717, 1.165) is 18.9 Å². The molecule has 0 aliphatic carbocycles. The van der Waals surface area contributed by atoms with Gasteiger partial charge < -0.3 is 14.4 Å². The van der Waals surface area contributed by atoms with Crippen molar-refractivity contribution in [1.82, 2.24) is 9.80 Å². The summed E-state index contributed by atoms with van der Waals surface area (Å²) < 4.78 is 51.2. The monoisotopic (exact) mass is 444 g/mol. The van der Waals surface area contributed by atoms with Crippen molar-refractivity contribution in [3.8, 4) is 0 Å². The fourth-order valence-electron chi connectivity index (χ4n) is 3.53. The van der Waals surface area contributed by atoms with E-state index in [1.54, 1.807) is 34.7 Å². The lowest BCUT2D eigenvalue weighted by Crippen LogP contribution is -2.49. The molecule has 1 aromatic carbocycles. The number of benzene rings is 1. The summed E-state index contributed by atoms with van der Waals surface area (Å²) in [6, 6.07) is 3.38. The number of likely N-dealkylation sites (tertiary alicyclic amines) is 1. The lowest BCUT2D eigenvalue weighted by molar-refractivity contribution is -0.138. The Bertz CT molecular complexity index is 790. The second-order valence-corrected chi connectivity index (χ2v) is 8.71. The third-order valence-electron chi connectivity index (χ3n) is 5.03. The third kappa shape index (κ3) is 7.12. The molecule has 1 saturated heterocycles. The molecule has 174 valence electrons. The van der Waals surface area contributed by atoms with Crippen molar-refractivity contribution in [2.45, 2.75) is 64.9 Å². The van der Waals surface area contributed by atoms with E-state index in [4.69, 9.17) is 9.47 Å². The number of amides is 1. The van der Waals surface area contributed by atoms with Crippen LogP contribution in [0.4, 0.5) is 18.0 Å². The molecule has 2 rings (SSSR count). The number of rotatable bonds is 5. The largest absolute Gasteiger partial charge is 0.462 e. The first kappa shape index (κ1) is 25.0. The first-order valence-electron chi connectivity index (χ1n) is 10.4. The van der Waals surface area contributed by atoms with Gasteiger partial charge in [0.15, 0.2) is 0 Å². The summed E-state index contributed by atoms with van der Waals surface area (Å²) >= 11 is 0. The third-order valence-corrected chi connectivity index (χ3v) is 5.03. The van der Waals surface area contributed by atoms with Crippen molar-refractivity contribution in [1.29, 1.82) is 0 Å². The molecule has 1 unspecified atom stereocenters. The van der Waals surface area contributed by atoms with Crippen LogP contribution in [0, 0.1) is 0 Å². The second-order valence-electron chi connectivity index (χ2n) is 8.71. The highest BCUT2D eigenvalue weighted by Gasteiger charge is 2.35. The van der Waals surface area contributed by atoms with Crippen LogP contribution in [-0.4, -0.2) is 60.2 Å². The minimum absolute atomic E-state index is 0.0661. The van der Waals surface area contributed by atoms with Gasteiger partial charge in [0.05, 0.1) is 17.7 Å². The molecule has 1 atom stereocenters. The summed E-state index contributed by atoms with van der Waals surface area (Å²) in [5.74, 6) is -0.781. The molecule has 0 saturated carbocycles. The van der Waals surface area contributed by atoms with Gasteiger partial charge in [-0.3, -0.25) is 4.90 Å². The first-order chi connectivity index (χ1) is 14.3. The van der Waals surface area contributed by atoms with Crippen LogP contribution < -0.4 is 0 Å². The van der Waals surface area contributed by atoms with Crippen LogP contribution in [0.3, 0.4) is 0 Å². The maximum absolute atomic E-state index is 13.7. The minimum Gasteiger partial charge on any atom is -0.462 e. The summed E-state index contributed by atoms with van der Waals surface area (Å²) in [7, 11) is 1.65. The van der Waals surface area contributed by atoms with Gasteiger partial charge in [0.25, 0.3) is 0 Å². The maximum Gasteiger partial charge on any atom is 0.416 e. The number of likely N-dealkylation sites (N-methyl/N-ethyl adjacent to an activating group) is 1. The van der Waals surface area contributed by atoms with Gasteiger partial charge in [-0.05, 0) is 64.8 Å². The number of halogens is 3. The number of nitrogens with zero attached hydrogens (tertiary/aromatic N) is 2. The fourth-order valence-corrected chi connectivity index (χ4v) is 3.53. The molecule has 6 nitrogen and oxygen atoms in total. The van der Waals surface area contributed by atoms with Crippen molar-refractivity contribution < 1.29 is 32.2 Å². The standard InChI is InChI=1S/C22H31F3N2O4/c1-6-30-19(28)15-9-10-16(18(12-15)22(23,24)25)13-27-11-7-8-17(14-27)26(5)20(29)31-21(2,3)4/h9-10,12,17H,6-8,11,13-14H2,1-5H3. The van der Waals surface area contributed by atoms with E-state index in [2.05, 4.69) is 0 Å². The average molecular weight is 444 g/mol. The zero-order valence-electron chi connectivity index (χ0n) is 18.7. The molecule has 1 amide bonds. The predicted octanol–water partition coefficient (Wildman–Crippen LogP) is 4.71. The number of hydrogen-bond acceptors (Lipinski definition) is 5. The number of piperidine rings is 1. The van der Waals surface area contributed by atoms with Gasteiger partial charge in [0.1, 0.15) is 5.60 Å². The smallest absolute Gasteiger partial charge is 0.416 e. The lowest BCUT2D eigenvalue weighted by Gasteiger charge is -2.38. The van der Waals surface area contributed by atoms with Crippen molar-refractivity contribution in [2.75, 3.05) is 26.7 Å².